The summed E-state index contributed by atoms with van der Waals surface area (Å²) in [5.41, 5.74) is 1.91. The summed E-state index contributed by atoms with van der Waals surface area (Å²) in [7, 11) is 0. The number of hydrogen-bond acceptors (Lipinski definition) is 2. The van der Waals surface area contributed by atoms with Gasteiger partial charge in [0.1, 0.15) is 0 Å². The summed E-state index contributed by atoms with van der Waals surface area (Å²) in [6.45, 7) is 10.8. The quantitative estimate of drug-likeness (QED) is 0.303. The van der Waals surface area contributed by atoms with Crippen LogP contribution >= 0.6 is 0 Å². The van der Waals surface area contributed by atoms with Crippen molar-refractivity contribution in [1.29, 1.82) is 0 Å². The van der Waals surface area contributed by atoms with Gasteiger partial charge in [0.05, 0.1) is 0 Å². The zero-order valence-electron chi connectivity index (χ0n) is 16.5. The van der Waals surface area contributed by atoms with Gasteiger partial charge in [0.15, 0.2) is 0 Å². The van der Waals surface area contributed by atoms with Crippen LogP contribution in [0.15, 0.2) is 36.9 Å². The Bertz CT molecular complexity index is 488. The first kappa shape index (κ1) is 22.3. The molecule has 0 saturated heterocycles. The van der Waals surface area contributed by atoms with Crippen LogP contribution in [-0.4, -0.2) is 24.8 Å². The van der Waals surface area contributed by atoms with Gasteiger partial charge < -0.3 is 0 Å². The molecule has 0 bridgehead atoms. The van der Waals surface area contributed by atoms with Gasteiger partial charge in [0, 0.05) is 0 Å². The van der Waals surface area contributed by atoms with E-state index in [1.54, 1.807) is 0 Å². The molecule has 1 aromatic carbocycles. The minimum atomic E-state index is -2.85. The van der Waals surface area contributed by atoms with Crippen LogP contribution in [-0.2, 0) is 7.87 Å². The summed E-state index contributed by atoms with van der Waals surface area (Å²) in [5.74, 6) is -0.0343. The van der Waals surface area contributed by atoms with Crippen molar-refractivity contribution in [1.82, 2.24) is 0 Å². The first-order valence-electron chi connectivity index (χ1n) is 10.0. The number of hydrogen-bond donors (Lipinski definition) is 0. The fraction of sp³-hybridized carbons (Fsp3) is 0.591. The third-order valence-corrected chi connectivity index (χ3v) is 17.5. The van der Waals surface area contributed by atoms with E-state index in [1.807, 2.05) is 30.3 Å². The molecular weight excluding hydrogens is 415 g/mol. The Hall–Kier alpha value is -0.771. The fourth-order valence-electron chi connectivity index (χ4n) is 3.25. The van der Waals surface area contributed by atoms with E-state index in [0.717, 1.165) is 11.1 Å². The van der Waals surface area contributed by atoms with Crippen LogP contribution in [0.4, 0.5) is 0 Å². The van der Waals surface area contributed by atoms with Gasteiger partial charge in [-0.3, -0.25) is 0 Å². The second kappa shape index (κ2) is 12.6. The number of carbonyl (C=O) groups is 1. The summed E-state index contributed by atoms with van der Waals surface area (Å²) in [6.07, 6.45) is 7.50. The fourth-order valence-corrected chi connectivity index (χ4v) is 16.4. The van der Waals surface area contributed by atoms with Crippen molar-refractivity contribution in [3.63, 3.8) is 0 Å². The maximum atomic E-state index is 12.7. The number of rotatable bonds is 13. The van der Waals surface area contributed by atoms with Crippen LogP contribution in [0.5, 0.6) is 0 Å². The van der Waals surface area contributed by atoms with E-state index in [2.05, 4.69) is 27.4 Å². The Kier molecular flexibility index (Phi) is 11.2. The molecule has 3 heteroatoms. The van der Waals surface area contributed by atoms with Crippen LogP contribution in [0.3, 0.4) is 0 Å². The van der Waals surface area contributed by atoms with E-state index < -0.39 is 18.8 Å². The molecule has 0 spiro atoms. The van der Waals surface area contributed by atoms with Crippen molar-refractivity contribution < 1.29 is 7.87 Å². The molecule has 0 aliphatic heterocycles. The molecule has 0 atom stereocenters. The molecule has 0 fully saturated rings. The summed E-state index contributed by atoms with van der Waals surface area (Å²) in [4.78, 5) is 12.7. The molecule has 0 aliphatic rings. The van der Waals surface area contributed by atoms with E-state index in [0.29, 0.717) is 6.42 Å². The van der Waals surface area contributed by atoms with Crippen LogP contribution in [0.2, 0.25) is 13.3 Å². The maximum absolute atomic E-state index is 12.7. The van der Waals surface area contributed by atoms with Crippen LogP contribution in [0.1, 0.15) is 71.3 Å². The Labute approximate surface area is 159 Å². The van der Waals surface area contributed by atoms with Crippen molar-refractivity contribution in [3.8, 4) is 0 Å². The van der Waals surface area contributed by atoms with Gasteiger partial charge in [-0.15, -0.1) is 0 Å². The molecule has 0 aliphatic carbocycles. The van der Waals surface area contributed by atoms with Crippen molar-refractivity contribution in [2.24, 2.45) is 0 Å². The molecule has 0 heterocycles. The van der Waals surface area contributed by atoms with E-state index in [9.17, 15) is 4.79 Å². The van der Waals surface area contributed by atoms with E-state index in [1.165, 1.54) is 51.8 Å². The molecule has 1 aromatic rings. The van der Waals surface area contributed by atoms with Gasteiger partial charge in [0.2, 0.25) is 0 Å². The van der Waals surface area contributed by atoms with Gasteiger partial charge in [0.25, 0.3) is 0 Å². The molecule has 0 radical (unpaired) electrons. The summed E-state index contributed by atoms with van der Waals surface area (Å²) >= 11 is -2.85. The van der Waals surface area contributed by atoms with Gasteiger partial charge in [-0.1, -0.05) is 0 Å². The van der Waals surface area contributed by atoms with Crippen LogP contribution in [0.25, 0.3) is 5.57 Å². The Morgan fingerprint density at radius 2 is 1.40 bits per heavy atom. The van der Waals surface area contributed by atoms with E-state index in [4.69, 9.17) is 3.07 Å². The molecule has 140 valence electrons. The zero-order valence-corrected chi connectivity index (χ0v) is 19.3. The first-order valence-corrected chi connectivity index (χ1v) is 17.2. The van der Waals surface area contributed by atoms with E-state index in [-0.39, 0.29) is 5.97 Å². The number of carbonyl (C=O) groups excluding carboxylic acids is 1. The first-order chi connectivity index (χ1) is 12.1. The molecule has 1 rings (SSSR count). The molecule has 0 aromatic heterocycles. The predicted octanol–water partition coefficient (Wildman–Crippen LogP) is 6.98. The average molecular weight is 451 g/mol. The van der Waals surface area contributed by atoms with Crippen molar-refractivity contribution in [2.75, 3.05) is 0 Å². The Morgan fingerprint density at radius 1 is 0.920 bits per heavy atom. The number of unbranched alkanes of at least 4 members (excludes halogenated alkanes) is 3. The predicted molar refractivity (Wildman–Crippen MR) is 111 cm³/mol. The summed E-state index contributed by atoms with van der Waals surface area (Å²) in [5, 5.41) is 0. The molecule has 0 amide bonds. The molecule has 0 saturated carbocycles. The minimum absolute atomic E-state index is 0.0343. The van der Waals surface area contributed by atoms with Crippen LogP contribution in [0, 0.1) is 0 Å². The molecule has 0 unspecified atom stereocenters. The van der Waals surface area contributed by atoms with Crippen molar-refractivity contribution in [2.45, 2.75) is 79.0 Å². The molecule has 0 N–H and O–H groups in total. The Balaban J connectivity index is 2.78. The second-order valence-corrected chi connectivity index (χ2v) is 18.7. The van der Waals surface area contributed by atoms with Crippen molar-refractivity contribution >= 4 is 30.3 Å². The van der Waals surface area contributed by atoms with Crippen LogP contribution < -0.4 is 0 Å². The van der Waals surface area contributed by atoms with E-state index >= 15 is 0 Å². The van der Waals surface area contributed by atoms with Gasteiger partial charge in [-0.2, -0.15) is 0 Å². The monoisotopic (exact) mass is 452 g/mol. The van der Waals surface area contributed by atoms with Gasteiger partial charge in [-0.25, -0.2) is 0 Å². The summed E-state index contributed by atoms with van der Waals surface area (Å²) in [6, 6.07) is 9.98. The zero-order chi connectivity index (χ0) is 18.5. The third kappa shape index (κ3) is 8.43. The van der Waals surface area contributed by atoms with Crippen molar-refractivity contribution in [3.05, 3.63) is 42.5 Å². The normalized spacial score (nSPS) is 11.3. The standard InChI is InChI=1S/C10H10O2.3C4H9.Sn/c1-8(7-10(11)12)9-5-3-2-4-6-9;3*1-3-4-2;/h2-6H,1,7H2,(H,11,12);3*1,3-4H2,2H3;/q;;;;+1/p-1. The topological polar surface area (TPSA) is 26.3 Å². The molecule has 25 heavy (non-hydrogen) atoms. The Morgan fingerprint density at radius 3 is 1.84 bits per heavy atom. The second-order valence-electron chi connectivity index (χ2n) is 7.11. The third-order valence-electron chi connectivity index (χ3n) is 4.83. The van der Waals surface area contributed by atoms with Gasteiger partial charge in [-0.05, 0) is 0 Å². The SMILES string of the molecule is C=C(CC(=O)[O][Sn]([CH2]CCC)([CH2]CCC)[CH2]CCC)c1ccccc1. The molecular formula is C22H36O2Sn. The van der Waals surface area contributed by atoms with Gasteiger partial charge >= 0.3 is 160 Å². The molecule has 2 nitrogen and oxygen atoms in total. The average Bonchev–Trinajstić information content (AvgIpc) is 2.63. The number of benzene rings is 1. The summed E-state index contributed by atoms with van der Waals surface area (Å²) < 4.78 is 9.91.